The molecule has 9 nitrogen and oxygen atoms in total. The maximum atomic E-state index is 14.5. The predicted octanol–water partition coefficient (Wildman–Crippen LogP) is 4.64. The molecule has 2 aromatic heterocycles. The van der Waals surface area contributed by atoms with E-state index in [2.05, 4.69) is 23.6 Å². The molecule has 1 aliphatic rings. The van der Waals surface area contributed by atoms with Gasteiger partial charge in [-0.3, -0.25) is 4.79 Å². The molecule has 1 saturated heterocycles. The van der Waals surface area contributed by atoms with E-state index >= 15 is 0 Å². The van der Waals surface area contributed by atoms with E-state index in [0.717, 1.165) is 6.42 Å². The lowest BCUT2D eigenvalue weighted by atomic mass is 9.86. The largest absolute Gasteiger partial charge is 0.493 e. The maximum Gasteiger partial charge on any atom is 0.281 e. The smallest absolute Gasteiger partial charge is 0.281 e. The third-order valence-electron chi connectivity index (χ3n) is 6.99. The van der Waals surface area contributed by atoms with E-state index in [1.807, 2.05) is 25.7 Å². The predicted molar refractivity (Wildman–Crippen MR) is 148 cm³/mol. The Labute approximate surface area is 228 Å². The van der Waals surface area contributed by atoms with E-state index < -0.39 is 21.7 Å². The summed E-state index contributed by atoms with van der Waals surface area (Å²) in [5, 5.41) is -0.369. The number of hydrogen-bond acceptors (Lipinski definition) is 8. The summed E-state index contributed by atoms with van der Waals surface area (Å²) in [6.45, 7) is 11.3. The third kappa shape index (κ3) is 6.30. The Kier molecular flexibility index (Phi) is 7.83. The zero-order valence-corrected chi connectivity index (χ0v) is 23.5. The molecule has 3 aromatic rings. The van der Waals surface area contributed by atoms with Crippen LogP contribution in [0.2, 0.25) is 0 Å². The van der Waals surface area contributed by atoms with Gasteiger partial charge in [-0.25, -0.2) is 19.1 Å². The molecule has 0 saturated carbocycles. The van der Waals surface area contributed by atoms with Gasteiger partial charge in [0.15, 0.2) is 5.03 Å². The molecular weight excluding hydrogens is 521 g/mol. The Morgan fingerprint density at radius 2 is 1.95 bits per heavy atom. The highest BCUT2D eigenvalue weighted by molar-refractivity contribution is 7.90. The van der Waals surface area contributed by atoms with Crippen molar-refractivity contribution in [3.05, 3.63) is 59.9 Å². The summed E-state index contributed by atoms with van der Waals surface area (Å²) in [6, 6.07) is 11.6. The number of nitrogens with one attached hydrogen (secondary N) is 1. The summed E-state index contributed by atoms with van der Waals surface area (Å²) in [7, 11) is -4.30. The molecule has 3 heterocycles. The summed E-state index contributed by atoms with van der Waals surface area (Å²) in [6.07, 6.45) is 0.847. The van der Waals surface area contributed by atoms with Crippen molar-refractivity contribution in [1.82, 2.24) is 14.7 Å². The van der Waals surface area contributed by atoms with Crippen LogP contribution >= 0.6 is 0 Å². The molecule has 0 aliphatic carbocycles. The second-order valence-corrected chi connectivity index (χ2v) is 12.5. The van der Waals surface area contributed by atoms with Crippen LogP contribution < -0.4 is 20.1 Å². The molecule has 4 rings (SSSR count). The van der Waals surface area contributed by atoms with Crippen LogP contribution in [0.3, 0.4) is 0 Å². The van der Waals surface area contributed by atoms with E-state index in [-0.39, 0.29) is 33.8 Å². The van der Waals surface area contributed by atoms with Gasteiger partial charge >= 0.3 is 0 Å². The van der Waals surface area contributed by atoms with E-state index in [9.17, 15) is 17.6 Å². The minimum absolute atomic E-state index is 0.00330. The molecule has 1 amide bonds. The summed E-state index contributed by atoms with van der Waals surface area (Å²) in [5.74, 6) is -0.374. The monoisotopic (exact) mass is 555 g/mol. The highest BCUT2D eigenvalue weighted by Crippen LogP contribution is 2.40. The zero-order valence-electron chi connectivity index (χ0n) is 22.7. The van der Waals surface area contributed by atoms with Crippen molar-refractivity contribution in [2.75, 3.05) is 23.8 Å². The first kappa shape index (κ1) is 28.3. The SMILES string of the molecule is CC(C)COc1cc(F)cc(-c2ccc(C(=O)NS(=O)(=O)c3cccc(N)n3)c(N3CCC(C)(C)C3C)n2)c1. The number of amides is 1. The second-order valence-electron chi connectivity index (χ2n) is 10.9. The number of sulfonamides is 1. The number of nitrogen functional groups attached to an aromatic ring is 1. The van der Waals surface area contributed by atoms with Crippen molar-refractivity contribution in [2.45, 2.75) is 52.1 Å². The molecule has 1 fully saturated rings. The number of hydrogen-bond donors (Lipinski definition) is 2. The van der Waals surface area contributed by atoms with Gasteiger partial charge in [0.05, 0.1) is 17.9 Å². The van der Waals surface area contributed by atoms with Gasteiger partial charge < -0.3 is 15.4 Å². The first-order chi connectivity index (χ1) is 18.3. The van der Waals surface area contributed by atoms with Crippen molar-refractivity contribution in [3.63, 3.8) is 0 Å². The zero-order chi connectivity index (χ0) is 28.5. The fraction of sp³-hybridized carbons (Fsp3) is 0.393. The van der Waals surface area contributed by atoms with Crippen LogP contribution in [0, 0.1) is 17.2 Å². The Bertz CT molecular complexity index is 1490. The minimum Gasteiger partial charge on any atom is -0.493 e. The van der Waals surface area contributed by atoms with Gasteiger partial charge in [-0.2, -0.15) is 8.42 Å². The molecule has 3 N–H and O–H groups in total. The van der Waals surface area contributed by atoms with E-state index in [1.54, 1.807) is 12.1 Å². The lowest BCUT2D eigenvalue weighted by Gasteiger charge is -2.31. The van der Waals surface area contributed by atoms with Crippen molar-refractivity contribution in [1.29, 1.82) is 0 Å². The minimum atomic E-state index is -4.30. The number of carbonyl (C=O) groups is 1. The van der Waals surface area contributed by atoms with Gasteiger partial charge in [0.25, 0.3) is 15.9 Å². The number of aromatic nitrogens is 2. The first-order valence-electron chi connectivity index (χ1n) is 12.8. The quantitative estimate of drug-likeness (QED) is 0.411. The summed E-state index contributed by atoms with van der Waals surface area (Å²) in [5.41, 5.74) is 6.53. The topological polar surface area (TPSA) is 128 Å². The van der Waals surface area contributed by atoms with Crippen LogP contribution in [0.5, 0.6) is 5.75 Å². The summed E-state index contributed by atoms with van der Waals surface area (Å²) in [4.78, 5) is 23.9. The Morgan fingerprint density at radius 3 is 2.59 bits per heavy atom. The first-order valence-corrected chi connectivity index (χ1v) is 14.3. The molecule has 0 spiro atoms. The molecule has 0 radical (unpaired) electrons. The van der Waals surface area contributed by atoms with Crippen molar-refractivity contribution in [3.8, 4) is 17.0 Å². The number of ether oxygens (including phenoxy) is 1. The molecular formula is C28H34FN5O4S. The number of halogens is 1. The van der Waals surface area contributed by atoms with Crippen molar-refractivity contribution in [2.24, 2.45) is 11.3 Å². The van der Waals surface area contributed by atoms with E-state index in [1.165, 1.54) is 36.4 Å². The average Bonchev–Trinajstić information content (AvgIpc) is 3.13. The lowest BCUT2D eigenvalue weighted by Crippen LogP contribution is -2.37. The number of rotatable bonds is 8. The Hall–Kier alpha value is -3.73. The summed E-state index contributed by atoms with van der Waals surface area (Å²) < 4.78 is 48.1. The number of benzene rings is 1. The van der Waals surface area contributed by atoms with Gasteiger partial charge in [-0.1, -0.05) is 33.8 Å². The van der Waals surface area contributed by atoms with Gasteiger partial charge in [-0.15, -0.1) is 0 Å². The van der Waals surface area contributed by atoms with Crippen LogP contribution in [0.15, 0.2) is 53.6 Å². The molecule has 0 bridgehead atoms. The molecule has 39 heavy (non-hydrogen) atoms. The molecule has 208 valence electrons. The Morgan fingerprint density at radius 1 is 1.21 bits per heavy atom. The molecule has 1 aromatic carbocycles. The number of anilines is 2. The number of nitrogens with two attached hydrogens (primary N) is 1. The highest BCUT2D eigenvalue weighted by Gasteiger charge is 2.39. The molecule has 1 aliphatic heterocycles. The van der Waals surface area contributed by atoms with Crippen LogP contribution in [-0.2, 0) is 10.0 Å². The maximum absolute atomic E-state index is 14.5. The van der Waals surface area contributed by atoms with Gasteiger partial charge in [0.1, 0.15) is 23.2 Å². The molecule has 1 unspecified atom stereocenters. The Balaban J connectivity index is 1.75. The fourth-order valence-electron chi connectivity index (χ4n) is 4.39. The van der Waals surface area contributed by atoms with Gasteiger partial charge in [-0.05, 0) is 61.1 Å². The van der Waals surface area contributed by atoms with E-state index in [4.69, 9.17) is 15.5 Å². The third-order valence-corrected chi connectivity index (χ3v) is 8.22. The molecule has 11 heteroatoms. The highest BCUT2D eigenvalue weighted by atomic mass is 32.2. The van der Waals surface area contributed by atoms with Crippen LogP contribution in [0.25, 0.3) is 11.3 Å². The number of carbonyl (C=O) groups excluding carboxylic acids is 1. The van der Waals surface area contributed by atoms with E-state index in [0.29, 0.717) is 36.0 Å². The van der Waals surface area contributed by atoms with Crippen LogP contribution in [0.4, 0.5) is 16.0 Å². The normalized spacial score (nSPS) is 16.9. The average molecular weight is 556 g/mol. The van der Waals surface area contributed by atoms with Crippen molar-refractivity contribution < 1.29 is 22.3 Å². The van der Waals surface area contributed by atoms with Crippen LogP contribution in [-0.4, -0.2) is 43.5 Å². The van der Waals surface area contributed by atoms with Gasteiger partial charge in [0.2, 0.25) is 0 Å². The second kappa shape index (κ2) is 10.8. The van der Waals surface area contributed by atoms with Crippen LogP contribution in [0.1, 0.15) is 51.4 Å². The number of nitrogens with zero attached hydrogens (tertiary/aromatic N) is 3. The molecule has 1 atom stereocenters. The number of pyridine rings is 2. The van der Waals surface area contributed by atoms with Crippen molar-refractivity contribution >= 4 is 27.6 Å². The lowest BCUT2D eigenvalue weighted by molar-refractivity contribution is 0.0981. The standard InChI is InChI=1S/C28H34FN5O4S/c1-17(2)16-38-21-14-19(13-20(29)15-21)23-10-9-22(26(31-23)34-12-11-28(4,5)18(34)3)27(35)33-39(36,37)25-8-6-7-24(30)32-25/h6-10,13-15,17-18H,11-12,16H2,1-5H3,(H2,30,32)(H,33,35). The van der Waals surface area contributed by atoms with Gasteiger partial charge in [0, 0.05) is 24.2 Å². The summed E-state index contributed by atoms with van der Waals surface area (Å²) >= 11 is 0. The fourth-order valence-corrected chi connectivity index (χ4v) is 5.34.